The van der Waals surface area contributed by atoms with Crippen molar-refractivity contribution in [1.29, 1.82) is 0 Å². The topological polar surface area (TPSA) is 24.5 Å². The Morgan fingerprint density at radius 3 is 2.63 bits per heavy atom. The van der Waals surface area contributed by atoms with Crippen LogP contribution >= 0.6 is 0 Å². The first-order valence-corrected chi connectivity index (χ1v) is 7.14. The normalized spacial score (nSPS) is 11.3. The fraction of sp³-hybridized carbons (Fsp3) is 0.625. The van der Waals surface area contributed by atoms with Crippen molar-refractivity contribution < 1.29 is 4.74 Å². The van der Waals surface area contributed by atoms with E-state index in [4.69, 9.17) is 4.74 Å². The highest BCUT2D eigenvalue weighted by Gasteiger charge is 2.07. The highest BCUT2D eigenvalue weighted by molar-refractivity contribution is 5.37. The predicted molar refractivity (Wildman–Crippen MR) is 81.6 cm³/mol. The van der Waals surface area contributed by atoms with Crippen LogP contribution in [0.1, 0.15) is 38.3 Å². The van der Waals surface area contributed by atoms with Gasteiger partial charge in [0.2, 0.25) is 0 Å². The molecule has 1 N–H and O–H groups in total. The van der Waals surface area contributed by atoms with E-state index in [1.165, 1.54) is 17.5 Å². The lowest BCUT2D eigenvalue weighted by molar-refractivity contribution is 0.317. The van der Waals surface area contributed by atoms with Crippen molar-refractivity contribution in [2.45, 2.75) is 46.3 Å². The molecule has 3 nitrogen and oxygen atoms in total. The largest absolute Gasteiger partial charge is 0.496 e. The Bertz CT molecular complexity index is 377. The van der Waals surface area contributed by atoms with Crippen LogP contribution in [0, 0.1) is 0 Å². The Hall–Kier alpha value is -1.06. The smallest absolute Gasteiger partial charge is 0.123 e. The molecule has 0 unspecified atom stereocenters. The highest BCUT2D eigenvalue weighted by atomic mass is 16.5. The molecule has 1 aromatic rings. The molecule has 1 rings (SSSR count). The Kier molecular flexibility index (Phi) is 6.89. The van der Waals surface area contributed by atoms with Crippen LogP contribution in [0.3, 0.4) is 0 Å². The zero-order valence-electron chi connectivity index (χ0n) is 13.0. The molecule has 0 radical (unpaired) electrons. The van der Waals surface area contributed by atoms with E-state index in [9.17, 15) is 0 Å². The molecule has 0 aliphatic heterocycles. The van der Waals surface area contributed by atoms with Crippen molar-refractivity contribution >= 4 is 0 Å². The van der Waals surface area contributed by atoms with Crippen molar-refractivity contribution in [3.8, 4) is 5.75 Å². The first kappa shape index (κ1) is 16.0. The van der Waals surface area contributed by atoms with Crippen LogP contribution in [0.15, 0.2) is 18.2 Å². The molecule has 0 heterocycles. The molecule has 0 saturated carbocycles. The molecule has 0 atom stereocenters. The van der Waals surface area contributed by atoms with Crippen LogP contribution in [0.2, 0.25) is 0 Å². The third kappa shape index (κ3) is 5.62. The van der Waals surface area contributed by atoms with Gasteiger partial charge in [0.05, 0.1) is 7.11 Å². The Labute approximate surface area is 118 Å². The van der Waals surface area contributed by atoms with E-state index in [2.05, 4.69) is 56.2 Å². The van der Waals surface area contributed by atoms with E-state index in [0.717, 1.165) is 25.4 Å². The van der Waals surface area contributed by atoms with Crippen molar-refractivity contribution in [2.24, 2.45) is 0 Å². The molecule has 0 aromatic heterocycles. The van der Waals surface area contributed by atoms with Gasteiger partial charge in [0.15, 0.2) is 0 Å². The van der Waals surface area contributed by atoms with E-state index in [0.29, 0.717) is 6.04 Å². The lowest BCUT2D eigenvalue weighted by Crippen LogP contribution is -2.22. The number of benzene rings is 1. The van der Waals surface area contributed by atoms with E-state index in [1.54, 1.807) is 7.11 Å². The molecular formula is C16H28N2O. The molecular weight excluding hydrogens is 236 g/mol. The van der Waals surface area contributed by atoms with Crippen LogP contribution in [-0.2, 0) is 13.1 Å². The summed E-state index contributed by atoms with van der Waals surface area (Å²) in [7, 11) is 3.90. The van der Waals surface area contributed by atoms with Crippen LogP contribution in [0.25, 0.3) is 0 Å². The van der Waals surface area contributed by atoms with Crippen LogP contribution in [0.4, 0.5) is 0 Å². The summed E-state index contributed by atoms with van der Waals surface area (Å²) in [6.45, 7) is 9.49. The van der Waals surface area contributed by atoms with Gasteiger partial charge in [-0.3, -0.25) is 0 Å². The predicted octanol–water partition coefficient (Wildman–Crippen LogP) is 3.04. The maximum atomic E-state index is 5.46. The van der Waals surface area contributed by atoms with E-state index in [1.807, 2.05) is 0 Å². The van der Waals surface area contributed by atoms with Gasteiger partial charge in [-0.2, -0.15) is 0 Å². The second kappa shape index (κ2) is 8.18. The minimum atomic E-state index is 0.508. The molecule has 0 spiro atoms. The Balaban J connectivity index is 2.77. The van der Waals surface area contributed by atoms with Gasteiger partial charge in [-0.05, 0) is 37.7 Å². The summed E-state index contributed by atoms with van der Waals surface area (Å²) in [6.07, 6.45) is 1.17. The van der Waals surface area contributed by atoms with Crippen LogP contribution < -0.4 is 10.1 Å². The molecule has 0 bridgehead atoms. The van der Waals surface area contributed by atoms with E-state index in [-0.39, 0.29) is 0 Å². The van der Waals surface area contributed by atoms with Gasteiger partial charge in [-0.25, -0.2) is 0 Å². The maximum absolute atomic E-state index is 5.46. The fourth-order valence-corrected chi connectivity index (χ4v) is 2.14. The first-order valence-electron chi connectivity index (χ1n) is 7.14. The number of hydrogen-bond donors (Lipinski definition) is 1. The van der Waals surface area contributed by atoms with Crippen molar-refractivity contribution in [2.75, 3.05) is 20.7 Å². The lowest BCUT2D eigenvalue weighted by atomic mass is 10.1. The monoisotopic (exact) mass is 264 g/mol. The number of methoxy groups -OCH3 is 1. The Morgan fingerprint density at radius 2 is 2.05 bits per heavy atom. The molecule has 108 valence electrons. The summed E-state index contributed by atoms with van der Waals surface area (Å²) in [5.41, 5.74) is 2.58. The summed E-state index contributed by atoms with van der Waals surface area (Å²) in [4.78, 5) is 2.33. The molecule has 0 saturated heterocycles. The quantitative estimate of drug-likeness (QED) is 0.781. The van der Waals surface area contributed by atoms with Crippen molar-refractivity contribution in [3.05, 3.63) is 29.3 Å². The van der Waals surface area contributed by atoms with Crippen molar-refractivity contribution in [1.82, 2.24) is 10.2 Å². The minimum absolute atomic E-state index is 0.508. The average Bonchev–Trinajstić information content (AvgIpc) is 2.36. The van der Waals surface area contributed by atoms with Gasteiger partial charge < -0.3 is 15.0 Å². The zero-order chi connectivity index (χ0) is 14.3. The third-order valence-corrected chi connectivity index (χ3v) is 3.10. The lowest BCUT2D eigenvalue weighted by Gasteiger charge is -2.18. The summed E-state index contributed by atoms with van der Waals surface area (Å²) < 4.78 is 5.46. The zero-order valence-corrected chi connectivity index (χ0v) is 13.0. The van der Waals surface area contributed by atoms with Crippen molar-refractivity contribution in [3.63, 3.8) is 0 Å². The summed E-state index contributed by atoms with van der Waals surface area (Å²) in [5, 5.41) is 3.45. The van der Waals surface area contributed by atoms with Gasteiger partial charge in [-0.15, -0.1) is 0 Å². The van der Waals surface area contributed by atoms with Crippen LogP contribution in [0.5, 0.6) is 5.75 Å². The molecule has 0 amide bonds. The number of nitrogens with zero attached hydrogens (tertiary/aromatic N) is 1. The molecule has 0 aliphatic carbocycles. The third-order valence-electron chi connectivity index (χ3n) is 3.10. The number of rotatable bonds is 8. The molecule has 0 fully saturated rings. The van der Waals surface area contributed by atoms with Gasteiger partial charge in [0.1, 0.15) is 5.75 Å². The summed E-state index contributed by atoms with van der Waals surface area (Å²) >= 11 is 0. The van der Waals surface area contributed by atoms with E-state index >= 15 is 0 Å². The average molecular weight is 264 g/mol. The molecule has 0 aliphatic rings. The SMILES string of the molecule is CCCN(C)Cc1cc(CNC(C)C)ccc1OC. The molecule has 1 aromatic carbocycles. The van der Waals surface area contributed by atoms with Gasteiger partial charge >= 0.3 is 0 Å². The molecule has 3 heteroatoms. The molecule has 19 heavy (non-hydrogen) atoms. The Morgan fingerprint density at radius 1 is 1.32 bits per heavy atom. The van der Waals surface area contributed by atoms with Gasteiger partial charge in [-0.1, -0.05) is 26.8 Å². The minimum Gasteiger partial charge on any atom is -0.496 e. The van der Waals surface area contributed by atoms with Gasteiger partial charge in [0, 0.05) is 24.7 Å². The van der Waals surface area contributed by atoms with Crippen LogP contribution in [-0.4, -0.2) is 31.6 Å². The highest BCUT2D eigenvalue weighted by Crippen LogP contribution is 2.21. The second-order valence-corrected chi connectivity index (χ2v) is 5.42. The fourth-order valence-electron chi connectivity index (χ4n) is 2.14. The van der Waals surface area contributed by atoms with Gasteiger partial charge in [0.25, 0.3) is 0 Å². The first-order chi connectivity index (χ1) is 9.06. The summed E-state index contributed by atoms with van der Waals surface area (Å²) in [6, 6.07) is 6.97. The van der Waals surface area contributed by atoms with E-state index < -0.39 is 0 Å². The maximum Gasteiger partial charge on any atom is 0.123 e. The number of nitrogens with one attached hydrogen (secondary N) is 1. The standard InChI is InChI=1S/C16H28N2O/c1-6-9-18(4)12-15-10-14(11-17-13(2)3)7-8-16(15)19-5/h7-8,10,13,17H,6,9,11-12H2,1-5H3. The second-order valence-electron chi connectivity index (χ2n) is 5.42. The number of ether oxygens (including phenoxy) is 1. The number of hydrogen-bond acceptors (Lipinski definition) is 3. The summed E-state index contributed by atoms with van der Waals surface area (Å²) in [5.74, 6) is 0.983.